The molecule has 4 aromatic rings. The lowest BCUT2D eigenvalue weighted by molar-refractivity contribution is 0.0697. The van der Waals surface area contributed by atoms with Crippen LogP contribution in [0.4, 0.5) is 0 Å². The highest BCUT2D eigenvalue weighted by molar-refractivity contribution is 7.03. The SMILES string of the molecule is O=C(O)c1ccc(-c2ccc3c(c2)CC[C@H](CNC[C@H](O)COc2ccc(-c4csnn4)cc2)O3)cc1. The lowest BCUT2D eigenvalue weighted by atomic mass is 9.96. The number of carboxylic acid groups (broad SMARTS) is 1. The normalized spacial score (nSPS) is 15.4. The van der Waals surface area contributed by atoms with Gasteiger partial charge in [-0.05, 0) is 89.6 Å². The van der Waals surface area contributed by atoms with Gasteiger partial charge in [0, 0.05) is 24.0 Å². The fraction of sp³-hybridized carbons (Fsp3) is 0.250. The first-order valence-corrected chi connectivity index (χ1v) is 12.9. The highest BCUT2D eigenvalue weighted by atomic mass is 32.1. The molecule has 1 aliphatic rings. The van der Waals surface area contributed by atoms with E-state index in [1.165, 1.54) is 11.5 Å². The monoisotopic (exact) mass is 517 g/mol. The van der Waals surface area contributed by atoms with Gasteiger partial charge in [-0.2, -0.15) is 0 Å². The minimum absolute atomic E-state index is 0.0223. The quantitative estimate of drug-likeness (QED) is 0.285. The van der Waals surface area contributed by atoms with Crippen molar-refractivity contribution in [3.05, 3.63) is 83.2 Å². The number of aromatic carboxylic acids is 1. The maximum absolute atomic E-state index is 11.1. The minimum atomic E-state index is -0.930. The van der Waals surface area contributed by atoms with Crippen LogP contribution in [0.2, 0.25) is 0 Å². The zero-order valence-electron chi connectivity index (χ0n) is 20.0. The van der Waals surface area contributed by atoms with Crippen LogP contribution in [0.5, 0.6) is 11.5 Å². The van der Waals surface area contributed by atoms with Crippen molar-refractivity contribution in [3.63, 3.8) is 0 Å². The number of carbonyl (C=O) groups is 1. The molecule has 0 spiro atoms. The molecule has 8 nitrogen and oxygen atoms in total. The molecule has 37 heavy (non-hydrogen) atoms. The van der Waals surface area contributed by atoms with Gasteiger partial charge in [0.25, 0.3) is 0 Å². The van der Waals surface area contributed by atoms with Gasteiger partial charge in [0.1, 0.15) is 36.0 Å². The minimum Gasteiger partial charge on any atom is -0.491 e. The first kappa shape index (κ1) is 24.9. The van der Waals surface area contributed by atoms with Crippen molar-refractivity contribution in [1.82, 2.24) is 14.9 Å². The summed E-state index contributed by atoms with van der Waals surface area (Å²) in [4.78, 5) is 11.1. The molecule has 3 N–H and O–H groups in total. The largest absolute Gasteiger partial charge is 0.491 e. The Morgan fingerprint density at radius 3 is 2.57 bits per heavy atom. The summed E-state index contributed by atoms with van der Waals surface area (Å²) in [6.07, 6.45) is 1.14. The van der Waals surface area contributed by atoms with Crippen LogP contribution in [-0.4, -0.2) is 57.7 Å². The van der Waals surface area contributed by atoms with Crippen molar-refractivity contribution in [2.45, 2.75) is 25.0 Å². The zero-order valence-corrected chi connectivity index (χ0v) is 20.9. The molecule has 0 fully saturated rings. The second-order valence-electron chi connectivity index (χ2n) is 8.92. The third-order valence-electron chi connectivity index (χ3n) is 6.26. The van der Waals surface area contributed by atoms with E-state index in [2.05, 4.69) is 21.0 Å². The van der Waals surface area contributed by atoms with Crippen molar-refractivity contribution in [1.29, 1.82) is 0 Å². The lowest BCUT2D eigenvalue weighted by Gasteiger charge is -2.27. The van der Waals surface area contributed by atoms with Crippen molar-refractivity contribution in [2.24, 2.45) is 0 Å². The van der Waals surface area contributed by atoms with Gasteiger partial charge < -0.3 is 25.0 Å². The molecule has 2 heterocycles. The number of aromatic nitrogens is 2. The summed E-state index contributed by atoms with van der Waals surface area (Å²) in [5.41, 5.74) is 5.23. The molecule has 190 valence electrons. The summed E-state index contributed by atoms with van der Waals surface area (Å²) < 4.78 is 15.7. The number of aryl methyl sites for hydroxylation is 1. The van der Waals surface area contributed by atoms with Crippen LogP contribution in [0.25, 0.3) is 22.4 Å². The Balaban J connectivity index is 1.06. The smallest absolute Gasteiger partial charge is 0.335 e. The van der Waals surface area contributed by atoms with Crippen LogP contribution >= 0.6 is 11.5 Å². The number of carboxylic acids is 1. The molecule has 0 radical (unpaired) electrons. The molecular formula is C28H27N3O5S. The first-order chi connectivity index (χ1) is 18.0. The van der Waals surface area contributed by atoms with Gasteiger partial charge in [0.2, 0.25) is 0 Å². The molecular weight excluding hydrogens is 490 g/mol. The Bertz CT molecular complexity index is 1330. The second kappa shape index (κ2) is 11.5. The van der Waals surface area contributed by atoms with Gasteiger partial charge in [0.05, 0.1) is 5.56 Å². The number of aliphatic hydroxyl groups is 1. The molecule has 9 heteroatoms. The van der Waals surface area contributed by atoms with Crippen LogP contribution in [0.1, 0.15) is 22.3 Å². The van der Waals surface area contributed by atoms with E-state index in [9.17, 15) is 9.90 Å². The maximum Gasteiger partial charge on any atom is 0.335 e. The van der Waals surface area contributed by atoms with E-state index in [1.54, 1.807) is 12.1 Å². The van der Waals surface area contributed by atoms with E-state index >= 15 is 0 Å². The van der Waals surface area contributed by atoms with E-state index in [1.807, 2.05) is 53.9 Å². The van der Waals surface area contributed by atoms with Gasteiger partial charge in [-0.25, -0.2) is 4.79 Å². The van der Waals surface area contributed by atoms with Crippen LogP contribution in [0.3, 0.4) is 0 Å². The molecule has 1 aliphatic heterocycles. The summed E-state index contributed by atoms with van der Waals surface area (Å²) in [5.74, 6) is 0.626. The van der Waals surface area contributed by atoms with Crippen LogP contribution in [-0.2, 0) is 6.42 Å². The summed E-state index contributed by atoms with van der Waals surface area (Å²) in [6.45, 7) is 1.22. The molecule has 1 aromatic heterocycles. The Labute approximate surface area is 218 Å². The highest BCUT2D eigenvalue weighted by Gasteiger charge is 2.20. The number of ether oxygens (including phenoxy) is 2. The maximum atomic E-state index is 11.1. The van der Waals surface area contributed by atoms with Crippen molar-refractivity contribution in [3.8, 4) is 33.9 Å². The fourth-order valence-electron chi connectivity index (χ4n) is 4.25. The van der Waals surface area contributed by atoms with E-state index < -0.39 is 12.1 Å². The Hall–Kier alpha value is -3.79. The Kier molecular flexibility index (Phi) is 7.74. The van der Waals surface area contributed by atoms with E-state index in [0.717, 1.165) is 46.5 Å². The van der Waals surface area contributed by atoms with Crippen molar-refractivity contribution >= 4 is 17.5 Å². The van der Waals surface area contributed by atoms with Gasteiger partial charge in [0.15, 0.2) is 0 Å². The fourth-order valence-corrected chi connectivity index (χ4v) is 4.71. The lowest BCUT2D eigenvalue weighted by Crippen LogP contribution is -2.39. The highest BCUT2D eigenvalue weighted by Crippen LogP contribution is 2.32. The van der Waals surface area contributed by atoms with Gasteiger partial charge in [-0.15, -0.1) is 5.10 Å². The number of rotatable bonds is 10. The molecule has 2 atom stereocenters. The average Bonchev–Trinajstić information content (AvgIpc) is 3.47. The average molecular weight is 518 g/mol. The molecule has 0 saturated heterocycles. The number of nitrogens with one attached hydrogen (secondary N) is 1. The van der Waals surface area contributed by atoms with E-state index in [0.29, 0.717) is 18.8 Å². The van der Waals surface area contributed by atoms with Gasteiger partial charge in [-0.3, -0.25) is 0 Å². The van der Waals surface area contributed by atoms with Gasteiger partial charge in [-0.1, -0.05) is 22.7 Å². The number of aliphatic hydroxyl groups excluding tert-OH is 1. The topological polar surface area (TPSA) is 114 Å². The van der Waals surface area contributed by atoms with Crippen molar-refractivity contribution < 1.29 is 24.5 Å². The number of benzene rings is 3. The third-order valence-corrected chi connectivity index (χ3v) is 6.76. The predicted molar refractivity (Wildman–Crippen MR) is 141 cm³/mol. The first-order valence-electron chi connectivity index (χ1n) is 12.1. The van der Waals surface area contributed by atoms with Crippen LogP contribution in [0.15, 0.2) is 72.1 Å². The molecule has 0 saturated carbocycles. The zero-order chi connectivity index (χ0) is 25.6. The predicted octanol–water partition coefficient (Wildman–Crippen LogP) is 4.29. The molecule has 0 unspecified atom stereocenters. The van der Waals surface area contributed by atoms with Gasteiger partial charge >= 0.3 is 5.97 Å². The summed E-state index contributed by atoms with van der Waals surface area (Å²) >= 11 is 1.31. The molecule has 0 amide bonds. The second-order valence-corrected chi connectivity index (χ2v) is 9.53. The van der Waals surface area contributed by atoms with Crippen molar-refractivity contribution in [2.75, 3.05) is 19.7 Å². The Morgan fingerprint density at radius 2 is 1.84 bits per heavy atom. The van der Waals surface area contributed by atoms with Crippen LogP contribution in [0, 0.1) is 0 Å². The molecule has 0 aliphatic carbocycles. The standard InChI is InChI=1S/C28H27N3O5S/c32-23(16-35-24-9-5-19(6-10-24)26-17-37-31-30-26)14-29-15-25-11-7-22-13-21(8-12-27(22)36-25)18-1-3-20(4-2-18)28(33)34/h1-6,8-10,12-13,17,23,25,29,32H,7,11,14-16H2,(H,33,34)/t23-,25+/m0/s1. The van der Waals surface area contributed by atoms with Crippen LogP contribution < -0.4 is 14.8 Å². The number of hydrogen-bond acceptors (Lipinski definition) is 8. The Morgan fingerprint density at radius 1 is 1.08 bits per heavy atom. The summed E-state index contributed by atoms with van der Waals surface area (Å²) in [7, 11) is 0. The van der Waals surface area contributed by atoms with E-state index in [-0.39, 0.29) is 18.3 Å². The number of nitrogens with zero attached hydrogens (tertiary/aromatic N) is 2. The summed E-state index contributed by atoms with van der Waals surface area (Å²) in [6, 6.07) is 20.5. The van der Waals surface area contributed by atoms with E-state index in [4.69, 9.17) is 14.6 Å². The summed E-state index contributed by atoms with van der Waals surface area (Å²) in [5, 5.41) is 28.6. The third kappa shape index (κ3) is 6.32. The molecule has 5 rings (SSSR count). The molecule has 0 bridgehead atoms. The molecule has 3 aromatic carbocycles. The number of fused-ring (bicyclic) bond motifs is 1. The number of hydrogen-bond donors (Lipinski definition) is 3.